The molecular formula is C13H17FN2O. The number of aryl methyl sites for hydroxylation is 1. The lowest BCUT2D eigenvalue weighted by molar-refractivity contribution is 0.0745. The summed E-state index contributed by atoms with van der Waals surface area (Å²) in [4.78, 5) is 11.9. The predicted molar refractivity (Wildman–Crippen MR) is 64.0 cm³/mol. The van der Waals surface area contributed by atoms with E-state index in [1.165, 1.54) is 12.5 Å². The van der Waals surface area contributed by atoms with Crippen LogP contribution in [0.15, 0.2) is 18.2 Å². The smallest absolute Gasteiger partial charge is 0.268 e. The average Bonchev–Trinajstić information content (AvgIpc) is 2.34. The Hall–Kier alpha value is -1.42. The molecule has 0 aliphatic carbocycles. The van der Waals surface area contributed by atoms with E-state index in [9.17, 15) is 9.18 Å². The lowest BCUT2D eigenvalue weighted by Crippen LogP contribution is -2.45. The molecule has 0 saturated carbocycles. The molecule has 4 heteroatoms. The zero-order valence-corrected chi connectivity index (χ0v) is 10.0. The lowest BCUT2D eigenvalue weighted by Gasteiger charge is -2.26. The van der Waals surface area contributed by atoms with Crippen LogP contribution in [0, 0.1) is 12.7 Å². The third-order valence-electron chi connectivity index (χ3n) is 3.05. The normalized spacial score (nSPS) is 16.8. The Morgan fingerprint density at radius 1 is 1.29 bits per heavy atom. The molecule has 92 valence electrons. The van der Waals surface area contributed by atoms with Crippen LogP contribution >= 0.6 is 0 Å². The highest BCUT2D eigenvalue weighted by atomic mass is 19.1. The molecule has 1 heterocycles. The summed E-state index contributed by atoms with van der Waals surface area (Å²) in [6, 6.07) is 4.87. The van der Waals surface area contributed by atoms with E-state index in [-0.39, 0.29) is 11.5 Å². The first-order chi connectivity index (χ1) is 8.18. The maximum atomic E-state index is 13.7. The number of nitrogens with one attached hydrogen (secondary N) is 1. The molecule has 0 unspecified atom stereocenters. The van der Waals surface area contributed by atoms with Gasteiger partial charge in [0, 0.05) is 13.1 Å². The van der Waals surface area contributed by atoms with Gasteiger partial charge >= 0.3 is 0 Å². The third-order valence-corrected chi connectivity index (χ3v) is 3.05. The quantitative estimate of drug-likeness (QED) is 0.854. The summed E-state index contributed by atoms with van der Waals surface area (Å²) < 4.78 is 13.7. The highest BCUT2D eigenvalue weighted by Crippen LogP contribution is 2.12. The number of carbonyl (C=O) groups excluding carboxylic acids is 1. The van der Waals surface area contributed by atoms with Crippen molar-refractivity contribution >= 4 is 5.91 Å². The lowest BCUT2D eigenvalue weighted by atomic mass is 10.1. The fraction of sp³-hybridized carbons (Fsp3) is 0.462. The van der Waals surface area contributed by atoms with Crippen LogP contribution in [0.3, 0.4) is 0 Å². The average molecular weight is 236 g/mol. The molecule has 1 aromatic rings. The molecule has 3 nitrogen and oxygen atoms in total. The van der Waals surface area contributed by atoms with Gasteiger partial charge in [-0.1, -0.05) is 18.6 Å². The van der Waals surface area contributed by atoms with E-state index in [0.717, 1.165) is 25.9 Å². The fourth-order valence-corrected chi connectivity index (χ4v) is 2.03. The molecule has 0 bridgehead atoms. The van der Waals surface area contributed by atoms with Gasteiger partial charge in [-0.25, -0.2) is 9.40 Å². The Balaban J connectivity index is 2.06. The van der Waals surface area contributed by atoms with Crippen LogP contribution in [0.1, 0.15) is 35.2 Å². The topological polar surface area (TPSA) is 32.3 Å². The number of hydrazine groups is 1. The SMILES string of the molecule is Cc1cccc(C(=O)NN2CCCCC2)c1F. The van der Waals surface area contributed by atoms with Gasteiger partial charge < -0.3 is 0 Å². The molecule has 1 aromatic carbocycles. The Labute approximate surface area is 101 Å². The summed E-state index contributed by atoms with van der Waals surface area (Å²) in [7, 11) is 0. The molecule has 1 N–H and O–H groups in total. The Morgan fingerprint density at radius 2 is 2.00 bits per heavy atom. The van der Waals surface area contributed by atoms with Crippen molar-refractivity contribution in [1.29, 1.82) is 0 Å². The number of hydrogen-bond donors (Lipinski definition) is 1. The largest absolute Gasteiger partial charge is 0.285 e. The van der Waals surface area contributed by atoms with Gasteiger partial charge in [-0.2, -0.15) is 0 Å². The molecular weight excluding hydrogens is 219 g/mol. The third kappa shape index (κ3) is 2.82. The molecule has 2 rings (SSSR count). The minimum atomic E-state index is -0.429. The molecule has 0 atom stereocenters. The van der Waals surface area contributed by atoms with Gasteiger partial charge in [0.1, 0.15) is 5.82 Å². The van der Waals surface area contributed by atoms with Crippen LogP contribution in [0.4, 0.5) is 4.39 Å². The Bertz CT molecular complexity index is 414. The van der Waals surface area contributed by atoms with Gasteiger partial charge in [0.05, 0.1) is 5.56 Å². The predicted octanol–water partition coefficient (Wildman–Crippen LogP) is 2.26. The number of piperidine rings is 1. The number of nitrogens with zero attached hydrogens (tertiary/aromatic N) is 1. The highest BCUT2D eigenvalue weighted by molar-refractivity contribution is 5.94. The van der Waals surface area contributed by atoms with Gasteiger partial charge in [0.15, 0.2) is 0 Å². The van der Waals surface area contributed by atoms with Gasteiger partial charge in [0.25, 0.3) is 5.91 Å². The monoisotopic (exact) mass is 236 g/mol. The second-order valence-corrected chi connectivity index (χ2v) is 4.43. The fourth-order valence-electron chi connectivity index (χ4n) is 2.03. The summed E-state index contributed by atoms with van der Waals surface area (Å²) in [5, 5.41) is 1.87. The Kier molecular flexibility index (Phi) is 3.74. The van der Waals surface area contributed by atoms with Crippen molar-refractivity contribution in [2.75, 3.05) is 13.1 Å². The molecule has 1 saturated heterocycles. The van der Waals surface area contributed by atoms with Crippen molar-refractivity contribution in [2.45, 2.75) is 26.2 Å². The first-order valence-electron chi connectivity index (χ1n) is 5.99. The van der Waals surface area contributed by atoms with Gasteiger partial charge in [-0.15, -0.1) is 0 Å². The summed E-state index contributed by atoms with van der Waals surface area (Å²) >= 11 is 0. The molecule has 1 amide bonds. The number of benzene rings is 1. The first kappa shape index (κ1) is 12.0. The Morgan fingerprint density at radius 3 is 2.71 bits per heavy atom. The van der Waals surface area contributed by atoms with E-state index in [1.54, 1.807) is 19.1 Å². The maximum absolute atomic E-state index is 13.7. The van der Waals surface area contributed by atoms with Crippen molar-refractivity contribution in [2.24, 2.45) is 0 Å². The van der Waals surface area contributed by atoms with Crippen LogP contribution in [0.2, 0.25) is 0 Å². The van der Waals surface area contributed by atoms with Crippen LogP contribution in [-0.4, -0.2) is 24.0 Å². The highest BCUT2D eigenvalue weighted by Gasteiger charge is 2.17. The first-order valence-corrected chi connectivity index (χ1v) is 5.99. The van der Waals surface area contributed by atoms with Gasteiger partial charge in [0.2, 0.25) is 0 Å². The van der Waals surface area contributed by atoms with Crippen molar-refractivity contribution in [3.05, 3.63) is 35.1 Å². The standard InChI is InChI=1S/C13H17FN2O/c1-10-6-5-7-11(12(10)14)13(17)15-16-8-3-2-4-9-16/h5-7H,2-4,8-9H2,1H3,(H,15,17). The minimum Gasteiger partial charge on any atom is -0.285 e. The molecule has 0 spiro atoms. The van der Waals surface area contributed by atoms with Crippen LogP contribution in [0.5, 0.6) is 0 Å². The van der Waals surface area contributed by atoms with Gasteiger partial charge in [-0.05, 0) is 31.4 Å². The van der Waals surface area contributed by atoms with E-state index < -0.39 is 5.82 Å². The van der Waals surface area contributed by atoms with Crippen molar-refractivity contribution in [3.8, 4) is 0 Å². The van der Waals surface area contributed by atoms with E-state index >= 15 is 0 Å². The van der Waals surface area contributed by atoms with Crippen molar-refractivity contribution < 1.29 is 9.18 Å². The molecule has 0 radical (unpaired) electrons. The van der Waals surface area contributed by atoms with Crippen LogP contribution < -0.4 is 5.43 Å². The summed E-state index contributed by atoms with van der Waals surface area (Å²) in [5.41, 5.74) is 3.38. The number of hydrogen-bond acceptors (Lipinski definition) is 2. The zero-order valence-electron chi connectivity index (χ0n) is 10.0. The summed E-state index contributed by atoms with van der Waals surface area (Å²) in [5.74, 6) is -0.782. The maximum Gasteiger partial charge on any atom is 0.268 e. The van der Waals surface area contributed by atoms with E-state index in [0.29, 0.717) is 5.56 Å². The molecule has 17 heavy (non-hydrogen) atoms. The zero-order chi connectivity index (χ0) is 12.3. The molecule has 1 fully saturated rings. The van der Waals surface area contributed by atoms with E-state index in [1.807, 2.05) is 5.01 Å². The van der Waals surface area contributed by atoms with Crippen LogP contribution in [-0.2, 0) is 0 Å². The summed E-state index contributed by atoms with van der Waals surface area (Å²) in [6.07, 6.45) is 3.36. The van der Waals surface area contributed by atoms with Gasteiger partial charge in [-0.3, -0.25) is 10.2 Å². The molecule has 0 aromatic heterocycles. The van der Waals surface area contributed by atoms with Crippen LogP contribution in [0.25, 0.3) is 0 Å². The van der Waals surface area contributed by atoms with E-state index in [2.05, 4.69) is 5.43 Å². The van der Waals surface area contributed by atoms with Crippen molar-refractivity contribution in [3.63, 3.8) is 0 Å². The molecule has 1 aliphatic heterocycles. The minimum absolute atomic E-state index is 0.121. The van der Waals surface area contributed by atoms with Crippen molar-refractivity contribution in [1.82, 2.24) is 10.4 Å². The second-order valence-electron chi connectivity index (χ2n) is 4.43. The summed E-state index contributed by atoms with van der Waals surface area (Å²) in [6.45, 7) is 3.35. The second kappa shape index (κ2) is 5.27. The molecule has 1 aliphatic rings. The number of halogens is 1. The number of amides is 1. The number of carbonyl (C=O) groups is 1. The van der Waals surface area contributed by atoms with E-state index in [4.69, 9.17) is 0 Å². The number of rotatable bonds is 2.